The number of amides is 1. The van der Waals surface area contributed by atoms with E-state index in [0.717, 1.165) is 52.2 Å². The van der Waals surface area contributed by atoms with Crippen LogP contribution >= 0.6 is 24.8 Å². The van der Waals surface area contributed by atoms with Crippen LogP contribution in [0.4, 0.5) is 5.69 Å². The van der Waals surface area contributed by atoms with E-state index in [1.165, 1.54) is 11.3 Å². The molecule has 0 aromatic heterocycles. The van der Waals surface area contributed by atoms with Gasteiger partial charge in [0.25, 0.3) is 0 Å². The van der Waals surface area contributed by atoms with E-state index >= 15 is 0 Å². The summed E-state index contributed by atoms with van der Waals surface area (Å²) in [6.45, 7) is 6.84. The summed E-state index contributed by atoms with van der Waals surface area (Å²) in [6, 6.07) is 8.05. The van der Waals surface area contributed by atoms with Gasteiger partial charge in [0, 0.05) is 45.1 Å². The summed E-state index contributed by atoms with van der Waals surface area (Å²) in [4.78, 5) is 16.9. The van der Waals surface area contributed by atoms with Gasteiger partial charge in [-0.15, -0.1) is 24.8 Å². The first-order chi connectivity index (χ1) is 11.2. The fourth-order valence-corrected chi connectivity index (χ4v) is 3.57. The number of nitrogens with zero attached hydrogens (tertiary/aromatic N) is 2. The molecule has 1 amide bonds. The summed E-state index contributed by atoms with van der Waals surface area (Å²) in [5.41, 5.74) is 8.79. The molecule has 25 heavy (non-hydrogen) atoms. The van der Waals surface area contributed by atoms with Crippen molar-refractivity contribution in [2.45, 2.75) is 25.8 Å². The van der Waals surface area contributed by atoms with E-state index in [1.807, 2.05) is 4.90 Å². The van der Waals surface area contributed by atoms with Crippen LogP contribution in [-0.2, 0) is 9.53 Å². The highest BCUT2D eigenvalue weighted by atomic mass is 35.5. The van der Waals surface area contributed by atoms with E-state index in [2.05, 4.69) is 36.1 Å². The van der Waals surface area contributed by atoms with Crippen molar-refractivity contribution in [3.63, 3.8) is 0 Å². The Morgan fingerprint density at radius 2 is 1.72 bits per heavy atom. The van der Waals surface area contributed by atoms with Gasteiger partial charge in [-0.3, -0.25) is 4.79 Å². The summed E-state index contributed by atoms with van der Waals surface area (Å²) in [6.07, 6.45) is 1.80. The van der Waals surface area contributed by atoms with Gasteiger partial charge in [0.15, 0.2) is 0 Å². The van der Waals surface area contributed by atoms with Crippen LogP contribution in [0.2, 0.25) is 0 Å². The van der Waals surface area contributed by atoms with E-state index in [4.69, 9.17) is 10.5 Å². The van der Waals surface area contributed by atoms with Crippen molar-refractivity contribution in [1.29, 1.82) is 0 Å². The van der Waals surface area contributed by atoms with Gasteiger partial charge in [-0.25, -0.2) is 0 Å². The number of rotatable bonds is 3. The van der Waals surface area contributed by atoms with Gasteiger partial charge in [-0.05, 0) is 37.3 Å². The number of halogens is 2. The number of ether oxygens (including phenoxy) is 1. The average molecular weight is 390 g/mol. The molecular weight excluding hydrogens is 361 g/mol. The number of benzene rings is 1. The van der Waals surface area contributed by atoms with Crippen molar-refractivity contribution in [1.82, 2.24) is 4.90 Å². The zero-order chi connectivity index (χ0) is 16.2. The Hall–Kier alpha value is -1.01. The number of piperazine rings is 1. The minimum atomic E-state index is -0.371. The first-order valence-corrected chi connectivity index (χ1v) is 8.59. The molecule has 1 aromatic rings. The molecule has 0 aliphatic carbocycles. The molecular formula is C18H29Cl2N3O2. The minimum absolute atomic E-state index is 0. The molecule has 2 aliphatic rings. The molecule has 0 bridgehead atoms. The van der Waals surface area contributed by atoms with Crippen LogP contribution < -0.4 is 10.6 Å². The molecule has 1 atom stereocenters. The largest absolute Gasteiger partial charge is 0.381 e. The number of aryl methyl sites for hydroxylation is 1. The normalized spacial score (nSPS) is 19.6. The Bertz CT molecular complexity index is 545. The van der Waals surface area contributed by atoms with Crippen molar-refractivity contribution < 1.29 is 9.53 Å². The second-order valence-electron chi connectivity index (χ2n) is 6.57. The molecule has 2 aliphatic heterocycles. The highest BCUT2D eigenvalue weighted by Gasteiger charge is 2.31. The number of anilines is 1. The summed E-state index contributed by atoms with van der Waals surface area (Å²) in [7, 11) is 0. The molecule has 2 fully saturated rings. The quantitative estimate of drug-likeness (QED) is 0.860. The van der Waals surface area contributed by atoms with Crippen molar-refractivity contribution >= 4 is 36.4 Å². The molecule has 1 unspecified atom stereocenters. The Kier molecular flexibility index (Phi) is 9.00. The van der Waals surface area contributed by atoms with Gasteiger partial charge in [-0.1, -0.05) is 18.2 Å². The molecule has 0 spiro atoms. The Morgan fingerprint density at radius 1 is 1.12 bits per heavy atom. The van der Waals surface area contributed by atoms with Gasteiger partial charge >= 0.3 is 0 Å². The predicted molar refractivity (Wildman–Crippen MR) is 106 cm³/mol. The Morgan fingerprint density at radius 3 is 2.32 bits per heavy atom. The van der Waals surface area contributed by atoms with Gasteiger partial charge in [0.2, 0.25) is 5.91 Å². The van der Waals surface area contributed by atoms with Gasteiger partial charge in [0.05, 0.1) is 6.04 Å². The number of hydrogen-bond acceptors (Lipinski definition) is 4. The van der Waals surface area contributed by atoms with E-state index in [0.29, 0.717) is 0 Å². The number of hydrogen-bond donors (Lipinski definition) is 1. The summed E-state index contributed by atoms with van der Waals surface area (Å²) < 4.78 is 5.36. The number of para-hydroxylation sites is 1. The van der Waals surface area contributed by atoms with Crippen LogP contribution in [0.15, 0.2) is 24.3 Å². The van der Waals surface area contributed by atoms with Crippen molar-refractivity contribution in [2.24, 2.45) is 11.7 Å². The van der Waals surface area contributed by atoms with Crippen LogP contribution in [0.3, 0.4) is 0 Å². The fourth-order valence-electron chi connectivity index (χ4n) is 3.57. The van der Waals surface area contributed by atoms with Gasteiger partial charge < -0.3 is 20.3 Å². The second kappa shape index (κ2) is 10.2. The first kappa shape index (κ1) is 22.0. The lowest BCUT2D eigenvalue weighted by Crippen LogP contribution is -2.55. The van der Waals surface area contributed by atoms with Crippen LogP contribution in [0.5, 0.6) is 0 Å². The molecule has 5 nitrogen and oxygen atoms in total. The van der Waals surface area contributed by atoms with Gasteiger partial charge in [-0.2, -0.15) is 0 Å². The highest BCUT2D eigenvalue weighted by molar-refractivity contribution is 5.85. The van der Waals surface area contributed by atoms with Gasteiger partial charge in [0.1, 0.15) is 0 Å². The number of carbonyl (C=O) groups is 1. The highest BCUT2D eigenvalue weighted by Crippen LogP contribution is 2.22. The third-order valence-corrected chi connectivity index (χ3v) is 5.11. The summed E-state index contributed by atoms with van der Waals surface area (Å²) in [5, 5.41) is 0. The van der Waals surface area contributed by atoms with Crippen molar-refractivity contribution in [3.05, 3.63) is 29.8 Å². The van der Waals surface area contributed by atoms with Crippen molar-refractivity contribution in [2.75, 3.05) is 44.3 Å². The third-order valence-electron chi connectivity index (χ3n) is 5.11. The molecule has 0 radical (unpaired) electrons. The Labute approximate surface area is 162 Å². The zero-order valence-corrected chi connectivity index (χ0v) is 16.4. The number of carbonyl (C=O) groups excluding carboxylic acids is 1. The summed E-state index contributed by atoms with van der Waals surface area (Å²) >= 11 is 0. The van der Waals surface area contributed by atoms with E-state index in [9.17, 15) is 4.79 Å². The SMILES string of the molecule is Cc1ccccc1N1CCN(C(=O)C(N)C2CCOCC2)CC1.Cl.Cl. The lowest BCUT2D eigenvalue weighted by molar-refractivity contribution is -0.135. The predicted octanol–water partition coefficient (Wildman–Crippen LogP) is 2.24. The second-order valence-corrected chi connectivity index (χ2v) is 6.57. The maximum atomic E-state index is 12.6. The topological polar surface area (TPSA) is 58.8 Å². The standard InChI is InChI=1S/C18H27N3O2.2ClH/c1-14-4-2-3-5-16(14)20-8-10-21(11-9-20)18(22)17(19)15-6-12-23-13-7-15;;/h2-5,15,17H,6-13,19H2,1H3;2*1H. The third kappa shape index (κ3) is 5.23. The van der Waals surface area contributed by atoms with E-state index in [-0.39, 0.29) is 42.7 Å². The average Bonchev–Trinajstić information content (AvgIpc) is 2.62. The molecule has 7 heteroatoms. The lowest BCUT2D eigenvalue weighted by Gasteiger charge is -2.39. The molecule has 1 aromatic carbocycles. The first-order valence-electron chi connectivity index (χ1n) is 8.59. The van der Waals surface area contributed by atoms with Crippen LogP contribution in [0.25, 0.3) is 0 Å². The smallest absolute Gasteiger partial charge is 0.239 e. The molecule has 2 saturated heterocycles. The molecule has 142 valence electrons. The van der Waals surface area contributed by atoms with Crippen LogP contribution in [-0.4, -0.2) is 56.2 Å². The number of nitrogens with two attached hydrogens (primary N) is 1. The lowest BCUT2D eigenvalue weighted by atomic mass is 9.91. The van der Waals surface area contributed by atoms with Crippen LogP contribution in [0.1, 0.15) is 18.4 Å². The summed E-state index contributed by atoms with van der Waals surface area (Å²) in [5.74, 6) is 0.381. The monoisotopic (exact) mass is 389 g/mol. The fraction of sp³-hybridized carbons (Fsp3) is 0.611. The zero-order valence-electron chi connectivity index (χ0n) is 14.7. The van der Waals surface area contributed by atoms with Crippen molar-refractivity contribution in [3.8, 4) is 0 Å². The molecule has 3 rings (SSSR count). The minimum Gasteiger partial charge on any atom is -0.381 e. The molecule has 2 heterocycles. The maximum Gasteiger partial charge on any atom is 0.239 e. The molecule has 0 saturated carbocycles. The van der Waals surface area contributed by atoms with E-state index in [1.54, 1.807) is 0 Å². The molecule has 2 N–H and O–H groups in total. The van der Waals surface area contributed by atoms with E-state index < -0.39 is 0 Å². The Balaban J connectivity index is 0.00000156. The van der Waals surface area contributed by atoms with Crippen LogP contribution in [0, 0.1) is 12.8 Å². The maximum absolute atomic E-state index is 12.6.